The van der Waals surface area contributed by atoms with Crippen LogP contribution < -0.4 is 25.4 Å². The smallest absolute Gasteiger partial charge is 0.234 e. The van der Waals surface area contributed by atoms with Gasteiger partial charge in [-0.1, -0.05) is 46.9 Å². The van der Waals surface area contributed by atoms with Gasteiger partial charge in [0.05, 0.1) is 37.5 Å². The summed E-state index contributed by atoms with van der Waals surface area (Å²) in [6.07, 6.45) is 1.60. The zero-order valence-corrected chi connectivity index (χ0v) is 24.4. The van der Waals surface area contributed by atoms with Crippen LogP contribution in [0.5, 0.6) is 11.5 Å². The van der Waals surface area contributed by atoms with Gasteiger partial charge in [0.15, 0.2) is 10.1 Å². The summed E-state index contributed by atoms with van der Waals surface area (Å²) in [6, 6.07) is 15.1. The van der Waals surface area contributed by atoms with Gasteiger partial charge in [-0.3, -0.25) is 14.5 Å². The number of amides is 1. The Labute approximate surface area is 245 Å². The van der Waals surface area contributed by atoms with Crippen LogP contribution in [0.25, 0.3) is 0 Å². The predicted molar refractivity (Wildman–Crippen MR) is 158 cm³/mol. The van der Waals surface area contributed by atoms with E-state index >= 15 is 0 Å². The van der Waals surface area contributed by atoms with Crippen LogP contribution in [0.3, 0.4) is 0 Å². The Morgan fingerprint density at radius 1 is 1.20 bits per heavy atom. The topological polar surface area (TPSA) is 143 Å². The Bertz CT molecular complexity index is 1610. The maximum Gasteiger partial charge on any atom is 0.234 e. The maximum absolute atomic E-state index is 13.4. The molecule has 2 heterocycles. The molecule has 1 amide bonds. The molecule has 0 saturated heterocycles. The third kappa shape index (κ3) is 5.64. The summed E-state index contributed by atoms with van der Waals surface area (Å²) in [7, 11) is 3.09. The third-order valence-corrected chi connectivity index (χ3v) is 8.96. The first-order chi connectivity index (χ1) is 19.8. The molecule has 3 N–H and O–H groups in total. The minimum Gasteiger partial charge on any atom is -0.497 e. The molecule has 3 aromatic rings. The zero-order chi connectivity index (χ0) is 29.1. The first-order valence-electron chi connectivity index (χ1n) is 12.9. The van der Waals surface area contributed by atoms with Gasteiger partial charge >= 0.3 is 0 Å². The number of ether oxygens (including phenoxy) is 2. The quantitative estimate of drug-likeness (QED) is 0.349. The lowest BCUT2D eigenvalue weighted by Gasteiger charge is -2.38. The molecule has 1 aliphatic carbocycles. The number of benzene rings is 2. The van der Waals surface area contributed by atoms with E-state index in [0.717, 1.165) is 11.3 Å². The molecule has 1 unspecified atom stereocenters. The fourth-order valence-electron chi connectivity index (χ4n) is 4.99. The second kappa shape index (κ2) is 12.0. The van der Waals surface area contributed by atoms with Gasteiger partial charge in [0.25, 0.3) is 0 Å². The summed E-state index contributed by atoms with van der Waals surface area (Å²) < 4.78 is 11.5. The van der Waals surface area contributed by atoms with Crippen molar-refractivity contribution in [1.82, 2.24) is 10.2 Å². The number of aryl methyl sites for hydroxylation is 1. The highest BCUT2D eigenvalue weighted by molar-refractivity contribution is 8.01. The number of methoxy groups -OCH3 is 2. The van der Waals surface area contributed by atoms with E-state index in [1.807, 2.05) is 31.2 Å². The number of nitrogens with one attached hydrogen (secondary N) is 1. The second-order valence-corrected chi connectivity index (χ2v) is 11.7. The summed E-state index contributed by atoms with van der Waals surface area (Å²) in [5, 5.41) is 22.2. The fourth-order valence-corrected chi connectivity index (χ4v) is 6.67. The molecule has 1 aromatic heterocycles. The van der Waals surface area contributed by atoms with Crippen molar-refractivity contribution in [3.63, 3.8) is 0 Å². The van der Waals surface area contributed by atoms with E-state index in [1.54, 1.807) is 30.2 Å². The van der Waals surface area contributed by atoms with Gasteiger partial charge in [-0.15, -0.1) is 10.2 Å². The Kier molecular flexibility index (Phi) is 8.28. The van der Waals surface area contributed by atoms with Crippen molar-refractivity contribution < 1.29 is 19.1 Å². The standard InChI is InChI=1S/C29H28N6O4S2/c1-16-7-9-17(10-8-16)32-24(37)15-40-29-34-33-28(41-29)35-21-5-4-6-22(36)26(21)25(20(14-30)27(35)31)19-12-11-18(38-2)13-23(19)39-3/h7-13,25H,4-6,15,31H2,1-3H3,(H,32,37). The minimum atomic E-state index is -0.688. The molecule has 0 radical (unpaired) electrons. The first-order valence-corrected chi connectivity index (χ1v) is 14.7. The van der Waals surface area contributed by atoms with Crippen LogP contribution in [-0.4, -0.2) is 41.9 Å². The number of hydrogen-bond acceptors (Lipinski definition) is 11. The van der Waals surface area contributed by atoms with Crippen LogP contribution in [0, 0.1) is 18.3 Å². The number of hydrogen-bond donors (Lipinski definition) is 2. The van der Waals surface area contributed by atoms with Gasteiger partial charge in [-0.2, -0.15) is 5.26 Å². The molecule has 0 saturated carbocycles. The van der Waals surface area contributed by atoms with Gasteiger partial charge in [-0.25, -0.2) is 0 Å². The average Bonchev–Trinajstić information content (AvgIpc) is 3.45. The number of aromatic nitrogens is 2. The van der Waals surface area contributed by atoms with Crippen molar-refractivity contribution in [3.8, 4) is 17.6 Å². The Balaban J connectivity index is 1.45. The average molecular weight is 589 g/mol. The predicted octanol–water partition coefficient (Wildman–Crippen LogP) is 4.90. The molecule has 0 spiro atoms. The molecular weight excluding hydrogens is 560 g/mol. The molecule has 0 bridgehead atoms. The Hall–Kier alpha value is -4.34. The van der Waals surface area contributed by atoms with Gasteiger partial charge in [0.2, 0.25) is 11.0 Å². The normalized spacial score (nSPS) is 16.8. The number of anilines is 2. The van der Waals surface area contributed by atoms with E-state index in [2.05, 4.69) is 21.6 Å². The van der Waals surface area contributed by atoms with Crippen LogP contribution in [0.15, 0.2) is 69.5 Å². The monoisotopic (exact) mass is 588 g/mol. The summed E-state index contributed by atoms with van der Waals surface area (Å²) >= 11 is 2.50. The number of nitriles is 1. The van der Waals surface area contributed by atoms with Crippen LogP contribution in [0.2, 0.25) is 0 Å². The number of thioether (sulfide) groups is 1. The Morgan fingerprint density at radius 3 is 2.68 bits per heavy atom. The highest BCUT2D eigenvalue weighted by atomic mass is 32.2. The highest BCUT2D eigenvalue weighted by Crippen LogP contribution is 2.49. The number of nitrogens with two attached hydrogens (primary N) is 1. The number of carbonyl (C=O) groups excluding carboxylic acids is 2. The maximum atomic E-state index is 13.4. The number of ketones is 1. The van der Waals surface area contributed by atoms with Crippen LogP contribution in [0.1, 0.15) is 36.3 Å². The summed E-state index contributed by atoms with van der Waals surface area (Å²) in [4.78, 5) is 27.6. The lowest BCUT2D eigenvalue weighted by atomic mass is 9.75. The number of rotatable bonds is 8. The SMILES string of the molecule is COc1ccc(C2C(C#N)=C(N)N(c3nnc(SCC(=O)Nc4ccc(C)cc4)s3)C3=C2C(=O)CCC3)c(OC)c1. The zero-order valence-electron chi connectivity index (χ0n) is 22.8. The third-order valence-electron chi connectivity index (χ3n) is 6.91. The van der Waals surface area contributed by atoms with Crippen molar-refractivity contribution in [2.24, 2.45) is 5.73 Å². The molecular formula is C29H28N6O4S2. The molecule has 41 heavy (non-hydrogen) atoms. The van der Waals surface area contributed by atoms with E-state index in [4.69, 9.17) is 15.2 Å². The van der Waals surface area contributed by atoms with Crippen molar-refractivity contribution in [2.75, 3.05) is 30.2 Å². The summed E-state index contributed by atoms with van der Waals surface area (Å²) in [5.41, 5.74) is 10.6. The van der Waals surface area contributed by atoms with Gasteiger partial charge in [0.1, 0.15) is 17.3 Å². The largest absolute Gasteiger partial charge is 0.497 e. The molecule has 10 nitrogen and oxygen atoms in total. The van der Waals surface area contributed by atoms with Crippen molar-refractivity contribution in [3.05, 3.63) is 76.3 Å². The Morgan fingerprint density at radius 2 is 1.98 bits per heavy atom. The molecule has 210 valence electrons. The van der Waals surface area contributed by atoms with Crippen LogP contribution >= 0.6 is 23.1 Å². The van der Waals surface area contributed by atoms with Crippen molar-refractivity contribution >= 4 is 45.6 Å². The van der Waals surface area contributed by atoms with E-state index in [0.29, 0.717) is 57.1 Å². The fraction of sp³-hybridized carbons (Fsp3) is 0.276. The first kappa shape index (κ1) is 28.2. The molecule has 12 heteroatoms. The molecule has 5 rings (SSSR count). The minimum absolute atomic E-state index is 0.0498. The highest BCUT2D eigenvalue weighted by Gasteiger charge is 2.42. The van der Waals surface area contributed by atoms with Crippen molar-refractivity contribution in [1.29, 1.82) is 5.26 Å². The van der Waals surface area contributed by atoms with E-state index in [-0.39, 0.29) is 28.8 Å². The molecule has 2 aliphatic rings. The van der Waals surface area contributed by atoms with Gasteiger partial charge in [0, 0.05) is 35.0 Å². The van der Waals surface area contributed by atoms with Gasteiger partial charge in [-0.05, 0) is 38.0 Å². The molecule has 0 fully saturated rings. The van der Waals surface area contributed by atoms with Gasteiger partial charge < -0.3 is 20.5 Å². The van der Waals surface area contributed by atoms with E-state index in [9.17, 15) is 14.9 Å². The summed E-state index contributed by atoms with van der Waals surface area (Å²) in [6.45, 7) is 1.98. The number of carbonyl (C=O) groups is 2. The van der Waals surface area contributed by atoms with E-state index in [1.165, 1.54) is 30.2 Å². The lowest BCUT2D eigenvalue weighted by Crippen LogP contribution is -2.38. The number of allylic oxidation sites excluding steroid dienone is 3. The second-order valence-electron chi connectivity index (χ2n) is 9.48. The van der Waals surface area contributed by atoms with E-state index < -0.39 is 5.92 Å². The van der Waals surface area contributed by atoms with Crippen LogP contribution in [0.4, 0.5) is 10.8 Å². The molecule has 1 atom stereocenters. The summed E-state index contributed by atoms with van der Waals surface area (Å²) in [5.74, 6) is 0.510. The van der Waals surface area contributed by atoms with Crippen LogP contribution in [-0.2, 0) is 9.59 Å². The number of Topliss-reactive ketones (excluding diaryl/α,β-unsaturated/α-hetero) is 1. The lowest BCUT2D eigenvalue weighted by molar-refractivity contribution is -0.116. The van der Waals surface area contributed by atoms with Crippen molar-refractivity contribution in [2.45, 2.75) is 36.4 Å². The number of nitrogens with zero attached hydrogens (tertiary/aromatic N) is 4. The molecule has 2 aromatic carbocycles. The molecule has 1 aliphatic heterocycles.